The second-order valence-corrected chi connectivity index (χ2v) is 6.87. The van der Waals surface area contributed by atoms with Crippen LogP contribution in [0, 0.1) is 17.0 Å². The molecule has 0 aliphatic carbocycles. The van der Waals surface area contributed by atoms with E-state index in [0.717, 1.165) is 23.8 Å². The van der Waals surface area contributed by atoms with Gasteiger partial charge in [-0.1, -0.05) is 26.0 Å². The van der Waals surface area contributed by atoms with Crippen molar-refractivity contribution in [2.45, 2.75) is 20.3 Å². The number of rotatable bonds is 3. The van der Waals surface area contributed by atoms with E-state index in [-0.39, 0.29) is 11.6 Å². The van der Waals surface area contributed by atoms with Gasteiger partial charge < -0.3 is 10.6 Å². The minimum absolute atomic E-state index is 0.00153. The molecule has 3 N–H and O–H groups in total. The van der Waals surface area contributed by atoms with Gasteiger partial charge >= 0.3 is 6.03 Å². The molecule has 1 heterocycles. The summed E-state index contributed by atoms with van der Waals surface area (Å²) in [5, 5.41) is 9.13. The molecule has 140 valence electrons. The normalized spacial score (nSPS) is 15.6. The van der Waals surface area contributed by atoms with Crippen LogP contribution in [0.15, 0.2) is 47.6 Å². The van der Waals surface area contributed by atoms with Gasteiger partial charge in [0.25, 0.3) is 0 Å². The lowest BCUT2D eigenvalue weighted by atomic mass is 9.79. The summed E-state index contributed by atoms with van der Waals surface area (Å²) < 4.78 is 26.4. The van der Waals surface area contributed by atoms with E-state index in [0.29, 0.717) is 17.8 Å². The lowest BCUT2D eigenvalue weighted by molar-refractivity contribution is -0.122. The Hall–Kier alpha value is -3.29. The standard InChI is InChI=1S/C19H18F2N4O2/c1-19(2)10-16(26)24-25-17(19)11-4-3-5-14(6-11)22-18(27)23-15-8-12(20)7-13(21)9-15/h3-9H,10H2,1-2H3,(H,24,26)(H2,22,23,27). The Labute approximate surface area is 154 Å². The predicted octanol–water partition coefficient (Wildman–Crippen LogP) is 3.86. The van der Waals surface area contributed by atoms with E-state index >= 15 is 0 Å². The average molecular weight is 372 g/mol. The zero-order chi connectivity index (χ0) is 19.6. The fourth-order valence-corrected chi connectivity index (χ4v) is 2.91. The van der Waals surface area contributed by atoms with Gasteiger partial charge in [-0.2, -0.15) is 5.10 Å². The predicted molar refractivity (Wildman–Crippen MR) is 98.5 cm³/mol. The SMILES string of the molecule is CC1(C)CC(=O)NN=C1c1cccc(NC(=O)Nc2cc(F)cc(F)c2)c1. The molecule has 2 aromatic rings. The summed E-state index contributed by atoms with van der Waals surface area (Å²) in [4.78, 5) is 23.7. The van der Waals surface area contributed by atoms with E-state index in [9.17, 15) is 18.4 Å². The van der Waals surface area contributed by atoms with E-state index in [1.165, 1.54) is 0 Å². The first-order chi connectivity index (χ1) is 12.7. The molecular formula is C19H18F2N4O2. The molecule has 8 heteroatoms. The Morgan fingerprint density at radius 1 is 1.07 bits per heavy atom. The molecule has 0 fully saturated rings. The van der Waals surface area contributed by atoms with Gasteiger partial charge in [0.2, 0.25) is 5.91 Å². The third-order valence-corrected chi connectivity index (χ3v) is 4.05. The van der Waals surface area contributed by atoms with Gasteiger partial charge in [0.15, 0.2) is 0 Å². The summed E-state index contributed by atoms with van der Waals surface area (Å²) in [6.45, 7) is 3.83. The zero-order valence-electron chi connectivity index (χ0n) is 14.8. The van der Waals surface area contributed by atoms with Gasteiger partial charge in [0.1, 0.15) is 11.6 Å². The number of hydrogen-bond acceptors (Lipinski definition) is 3. The van der Waals surface area contributed by atoms with Gasteiger partial charge in [-0.15, -0.1) is 0 Å². The van der Waals surface area contributed by atoms with E-state index in [1.807, 2.05) is 19.9 Å². The molecule has 3 amide bonds. The Bertz CT molecular complexity index is 921. The fraction of sp³-hybridized carbons (Fsp3) is 0.211. The molecule has 0 radical (unpaired) electrons. The largest absolute Gasteiger partial charge is 0.323 e. The van der Waals surface area contributed by atoms with Crippen molar-refractivity contribution in [3.63, 3.8) is 0 Å². The van der Waals surface area contributed by atoms with Crippen LogP contribution in [0.2, 0.25) is 0 Å². The molecule has 0 bridgehead atoms. The first-order valence-corrected chi connectivity index (χ1v) is 8.24. The number of carbonyl (C=O) groups is 2. The Morgan fingerprint density at radius 2 is 1.74 bits per heavy atom. The second-order valence-electron chi connectivity index (χ2n) is 6.87. The minimum Gasteiger partial charge on any atom is -0.308 e. The maximum Gasteiger partial charge on any atom is 0.323 e. The highest BCUT2D eigenvalue weighted by Crippen LogP contribution is 2.30. The molecule has 0 saturated carbocycles. The highest BCUT2D eigenvalue weighted by Gasteiger charge is 2.33. The molecule has 6 nitrogen and oxygen atoms in total. The summed E-state index contributed by atoms with van der Waals surface area (Å²) in [7, 11) is 0. The first kappa shape index (κ1) is 18.5. The third kappa shape index (κ3) is 4.46. The maximum absolute atomic E-state index is 13.2. The van der Waals surface area contributed by atoms with E-state index in [4.69, 9.17) is 0 Å². The molecule has 1 aliphatic heterocycles. The second kappa shape index (κ2) is 7.14. The van der Waals surface area contributed by atoms with Gasteiger partial charge in [0, 0.05) is 34.8 Å². The number of halogens is 2. The molecule has 0 atom stereocenters. The summed E-state index contributed by atoms with van der Waals surface area (Å²) in [5.74, 6) is -1.72. The van der Waals surface area contributed by atoms with Crippen LogP contribution in [0.1, 0.15) is 25.8 Å². The number of amides is 3. The molecule has 3 rings (SSSR count). The minimum atomic E-state index is -0.785. The van der Waals surface area contributed by atoms with E-state index in [2.05, 4.69) is 21.2 Å². The number of nitrogens with one attached hydrogen (secondary N) is 3. The number of anilines is 2. The molecule has 0 aromatic heterocycles. The van der Waals surface area contributed by atoms with Crippen LogP contribution in [0.4, 0.5) is 25.0 Å². The van der Waals surface area contributed by atoms with Gasteiger partial charge in [0.05, 0.1) is 5.71 Å². The summed E-state index contributed by atoms with van der Waals surface area (Å²) in [6, 6.07) is 9.05. The maximum atomic E-state index is 13.2. The van der Waals surface area contributed by atoms with Crippen molar-refractivity contribution in [3.8, 4) is 0 Å². The van der Waals surface area contributed by atoms with Crippen LogP contribution in [0.3, 0.4) is 0 Å². The van der Waals surface area contributed by atoms with Gasteiger partial charge in [-0.05, 0) is 24.3 Å². The van der Waals surface area contributed by atoms with E-state index < -0.39 is 23.1 Å². The molecule has 2 aromatic carbocycles. The summed E-state index contributed by atoms with van der Waals surface area (Å²) in [6.07, 6.45) is 0.301. The van der Waals surface area contributed by atoms with Crippen molar-refractivity contribution in [2.24, 2.45) is 10.5 Å². The Morgan fingerprint density at radius 3 is 2.41 bits per heavy atom. The van der Waals surface area contributed by atoms with Crippen LogP contribution in [0.5, 0.6) is 0 Å². The lowest BCUT2D eigenvalue weighted by Gasteiger charge is -2.29. The molecule has 0 saturated heterocycles. The van der Waals surface area contributed by atoms with Crippen LogP contribution >= 0.6 is 0 Å². The number of benzene rings is 2. The smallest absolute Gasteiger partial charge is 0.308 e. The summed E-state index contributed by atoms with van der Waals surface area (Å²) >= 11 is 0. The van der Waals surface area contributed by atoms with Crippen molar-refractivity contribution >= 4 is 29.0 Å². The Balaban J connectivity index is 1.76. The van der Waals surface area contributed by atoms with Crippen molar-refractivity contribution in [1.29, 1.82) is 0 Å². The van der Waals surface area contributed by atoms with Crippen molar-refractivity contribution < 1.29 is 18.4 Å². The average Bonchev–Trinajstić information content (AvgIpc) is 2.52. The van der Waals surface area contributed by atoms with Crippen molar-refractivity contribution in [3.05, 3.63) is 59.7 Å². The van der Waals surface area contributed by atoms with Crippen LogP contribution in [-0.2, 0) is 4.79 Å². The third-order valence-electron chi connectivity index (χ3n) is 4.05. The number of urea groups is 1. The molecule has 27 heavy (non-hydrogen) atoms. The highest BCUT2D eigenvalue weighted by molar-refractivity contribution is 6.09. The number of hydrazone groups is 1. The molecular weight excluding hydrogens is 354 g/mol. The van der Waals surface area contributed by atoms with Crippen LogP contribution < -0.4 is 16.1 Å². The molecule has 0 spiro atoms. The number of carbonyl (C=O) groups excluding carboxylic acids is 2. The fourth-order valence-electron chi connectivity index (χ4n) is 2.91. The van der Waals surface area contributed by atoms with Gasteiger partial charge in [-0.25, -0.2) is 19.0 Å². The number of hydrogen-bond donors (Lipinski definition) is 3. The molecule has 0 unspecified atom stereocenters. The van der Waals surface area contributed by atoms with E-state index in [1.54, 1.807) is 18.2 Å². The van der Waals surface area contributed by atoms with Gasteiger partial charge in [-0.3, -0.25) is 4.79 Å². The quantitative estimate of drug-likeness (QED) is 0.765. The first-order valence-electron chi connectivity index (χ1n) is 8.24. The van der Waals surface area contributed by atoms with Crippen LogP contribution in [-0.4, -0.2) is 17.6 Å². The monoisotopic (exact) mass is 372 g/mol. The lowest BCUT2D eigenvalue weighted by Crippen LogP contribution is -2.39. The van der Waals surface area contributed by atoms with Crippen molar-refractivity contribution in [1.82, 2.24) is 5.43 Å². The zero-order valence-corrected chi connectivity index (χ0v) is 14.8. The summed E-state index contributed by atoms with van der Waals surface area (Å²) in [5.41, 5.74) is 3.92. The Kier molecular flexibility index (Phi) is 4.89. The molecule has 1 aliphatic rings. The topological polar surface area (TPSA) is 82.6 Å². The van der Waals surface area contributed by atoms with Crippen molar-refractivity contribution in [2.75, 3.05) is 10.6 Å². The number of nitrogens with zero attached hydrogens (tertiary/aromatic N) is 1. The van der Waals surface area contributed by atoms with Crippen LogP contribution in [0.25, 0.3) is 0 Å². The highest BCUT2D eigenvalue weighted by atomic mass is 19.1.